The molecule has 33 heavy (non-hydrogen) atoms. The number of sulfonamides is 1. The fourth-order valence-electron chi connectivity index (χ4n) is 3.91. The maximum Gasteiger partial charge on any atom is 0.404 e. The normalized spacial score (nSPS) is 19.8. The predicted octanol–water partition coefficient (Wildman–Crippen LogP) is 3.55. The SMILES string of the molecule is COC1CCC1n1c(-c2ncc(S(=O)(=O)N[C@@H](C)C(F)(F)F)cn2)c(C#N)c2ccccc21. The molecule has 0 radical (unpaired) electrons. The molecule has 0 amide bonds. The Morgan fingerprint density at radius 1 is 1.24 bits per heavy atom. The number of alkyl halides is 3. The molecule has 1 saturated carbocycles. The van der Waals surface area contributed by atoms with Crippen molar-refractivity contribution in [2.45, 2.75) is 49.0 Å². The highest BCUT2D eigenvalue weighted by molar-refractivity contribution is 7.89. The molecule has 0 bridgehead atoms. The molecule has 3 atom stereocenters. The Morgan fingerprint density at radius 3 is 2.45 bits per heavy atom. The van der Waals surface area contributed by atoms with Crippen LogP contribution in [0.25, 0.3) is 22.4 Å². The van der Waals surface area contributed by atoms with Crippen molar-refractivity contribution < 1.29 is 26.3 Å². The number of para-hydroxylation sites is 1. The highest BCUT2D eigenvalue weighted by Gasteiger charge is 2.39. The van der Waals surface area contributed by atoms with Crippen molar-refractivity contribution in [1.29, 1.82) is 5.26 Å². The van der Waals surface area contributed by atoms with Crippen molar-refractivity contribution in [3.63, 3.8) is 0 Å². The van der Waals surface area contributed by atoms with Gasteiger partial charge in [0.25, 0.3) is 0 Å². The largest absolute Gasteiger partial charge is 0.404 e. The van der Waals surface area contributed by atoms with Crippen molar-refractivity contribution >= 4 is 20.9 Å². The monoisotopic (exact) mass is 479 g/mol. The van der Waals surface area contributed by atoms with Gasteiger partial charge in [-0.25, -0.2) is 18.4 Å². The zero-order chi connectivity index (χ0) is 24.0. The van der Waals surface area contributed by atoms with Gasteiger partial charge in [-0.15, -0.1) is 0 Å². The second-order valence-corrected chi connectivity index (χ2v) is 9.48. The van der Waals surface area contributed by atoms with Gasteiger partial charge in [-0.2, -0.15) is 23.2 Å². The van der Waals surface area contributed by atoms with Gasteiger partial charge in [-0.05, 0) is 25.8 Å². The van der Waals surface area contributed by atoms with Crippen molar-refractivity contribution in [2.75, 3.05) is 7.11 Å². The second-order valence-electron chi connectivity index (χ2n) is 7.77. The summed E-state index contributed by atoms with van der Waals surface area (Å²) < 4.78 is 72.1. The quantitative estimate of drug-likeness (QED) is 0.579. The third-order valence-electron chi connectivity index (χ3n) is 5.81. The third kappa shape index (κ3) is 4.07. The number of benzene rings is 1. The summed E-state index contributed by atoms with van der Waals surface area (Å²) in [4.78, 5) is 7.72. The van der Waals surface area contributed by atoms with Crippen LogP contribution >= 0.6 is 0 Å². The molecule has 0 saturated heterocycles. The topological polar surface area (TPSA) is 110 Å². The number of hydrogen-bond donors (Lipinski definition) is 1. The Hall–Kier alpha value is -3.01. The molecule has 0 spiro atoms. The maximum absolute atomic E-state index is 12.8. The minimum Gasteiger partial charge on any atom is -0.379 e. The molecular formula is C21H20F3N5O3S. The fourth-order valence-corrected chi connectivity index (χ4v) is 5.03. The molecule has 2 aromatic heterocycles. The number of nitriles is 1. The minimum absolute atomic E-state index is 0.0705. The molecule has 3 aromatic rings. The van der Waals surface area contributed by atoms with Crippen LogP contribution < -0.4 is 4.72 Å². The van der Waals surface area contributed by atoms with E-state index in [1.165, 1.54) is 0 Å². The number of halogens is 3. The molecule has 8 nitrogen and oxygen atoms in total. The molecule has 4 rings (SSSR count). The fraction of sp³-hybridized carbons (Fsp3) is 0.381. The Balaban J connectivity index is 1.80. The van der Waals surface area contributed by atoms with Crippen molar-refractivity contribution in [1.82, 2.24) is 19.3 Å². The summed E-state index contributed by atoms with van der Waals surface area (Å²) in [5.41, 5.74) is 1.52. The van der Waals surface area contributed by atoms with Gasteiger partial charge >= 0.3 is 6.18 Å². The van der Waals surface area contributed by atoms with Crippen LogP contribution in [0.3, 0.4) is 0 Å². The summed E-state index contributed by atoms with van der Waals surface area (Å²) in [5.74, 6) is 0.0901. The van der Waals surface area contributed by atoms with E-state index in [1.807, 2.05) is 16.7 Å². The molecule has 1 aromatic carbocycles. The van der Waals surface area contributed by atoms with Gasteiger partial charge in [0.1, 0.15) is 22.7 Å². The summed E-state index contributed by atoms with van der Waals surface area (Å²) in [5, 5.41) is 10.6. The first-order valence-electron chi connectivity index (χ1n) is 10.1. The third-order valence-corrected chi connectivity index (χ3v) is 7.30. The van der Waals surface area contributed by atoms with E-state index in [0.717, 1.165) is 30.8 Å². The number of fused-ring (bicyclic) bond motifs is 1. The van der Waals surface area contributed by atoms with E-state index in [4.69, 9.17) is 4.74 Å². The van der Waals surface area contributed by atoms with E-state index in [1.54, 1.807) is 24.0 Å². The first kappa shape index (κ1) is 23.2. The summed E-state index contributed by atoms with van der Waals surface area (Å²) in [6.07, 6.45) is -1.29. The van der Waals surface area contributed by atoms with Gasteiger partial charge in [0.05, 0.1) is 35.6 Å². The summed E-state index contributed by atoms with van der Waals surface area (Å²) in [6.45, 7) is 0.704. The van der Waals surface area contributed by atoms with Crippen LogP contribution in [0, 0.1) is 11.3 Å². The number of nitrogens with one attached hydrogen (secondary N) is 1. The number of aromatic nitrogens is 3. The maximum atomic E-state index is 12.8. The van der Waals surface area contributed by atoms with Gasteiger partial charge in [0, 0.05) is 12.5 Å². The standard InChI is InChI=1S/C21H20F3N5O3S/c1-12(21(22,23)24)28-33(30,31)13-10-26-20(27-11-13)19-15(9-25)14-5-3-4-6-16(14)29(19)17-7-8-18(17)32-2/h3-6,10-12,17-18,28H,7-8H2,1-2H3/t12-,17?,18?/m0/s1. The molecule has 2 unspecified atom stereocenters. The lowest BCUT2D eigenvalue weighted by Crippen LogP contribution is -2.43. The first-order chi connectivity index (χ1) is 15.6. The zero-order valence-electron chi connectivity index (χ0n) is 17.7. The highest BCUT2D eigenvalue weighted by atomic mass is 32.2. The molecule has 1 fully saturated rings. The number of hydrogen-bond acceptors (Lipinski definition) is 6. The van der Waals surface area contributed by atoms with Crippen molar-refractivity contribution in [3.8, 4) is 17.6 Å². The number of ether oxygens (including phenoxy) is 1. The average molecular weight is 479 g/mol. The van der Waals surface area contributed by atoms with Crippen LogP contribution in [0.1, 0.15) is 31.4 Å². The molecule has 174 valence electrons. The summed E-state index contributed by atoms with van der Waals surface area (Å²) in [6, 6.07) is 7.15. The predicted molar refractivity (Wildman–Crippen MR) is 113 cm³/mol. The van der Waals surface area contributed by atoms with E-state index >= 15 is 0 Å². The van der Waals surface area contributed by atoms with Gasteiger partial charge in [-0.1, -0.05) is 18.2 Å². The molecular weight excluding hydrogens is 459 g/mol. The summed E-state index contributed by atoms with van der Waals surface area (Å²) >= 11 is 0. The van der Waals surface area contributed by atoms with Gasteiger partial charge in [0.15, 0.2) is 5.82 Å². The molecule has 12 heteroatoms. The van der Waals surface area contributed by atoms with E-state index in [2.05, 4.69) is 16.0 Å². The number of methoxy groups -OCH3 is 1. The Kier molecular flexibility index (Phi) is 5.90. The molecule has 0 aliphatic heterocycles. The summed E-state index contributed by atoms with van der Waals surface area (Å²) in [7, 11) is -2.89. The van der Waals surface area contributed by atoms with Gasteiger partial charge < -0.3 is 9.30 Å². The van der Waals surface area contributed by atoms with E-state index in [-0.39, 0.29) is 18.0 Å². The van der Waals surface area contributed by atoms with Crippen molar-refractivity contribution in [3.05, 3.63) is 42.2 Å². The van der Waals surface area contributed by atoms with Crippen molar-refractivity contribution in [2.24, 2.45) is 0 Å². The lowest BCUT2D eigenvalue weighted by Gasteiger charge is -2.38. The Morgan fingerprint density at radius 2 is 1.91 bits per heavy atom. The van der Waals surface area contributed by atoms with Gasteiger partial charge in [-0.3, -0.25) is 0 Å². The minimum atomic E-state index is -4.74. The lowest BCUT2D eigenvalue weighted by molar-refractivity contribution is -0.147. The highest BCUT2D eigenvalue weighted by Crippen LogP contribution is 2.42. The van der Waals surface area contributed by atoms with Crippen LogP contribution in [0.5, 0.6) is 0 Å². The second kappa shape index (κ2) is 8.40. The van der Waals surface area contributed by atoms with Crippen LogP contribution in [0.4, 0.5) is 13.2 Å². The van der Waals surface area contributed by atoms with Crippen LogP contribution in [-0.2, 0) is 14.8 Å². The van der Waals surface area contributed by atoms with Crippen LogP contribution in [-0.4, -0.2) is 48.4 Å². The average Bonchev–Trinajstić information content (AvgIpc) is 3.06. The Labute approximate surface area is 188 Å². The first-order valence-corrected chi connectivity index (χ1v) is 11.5. The number of rotatable bonds is 6. The van der Waals surface area contributed by atoms with E-state index < -0.39 is 27.1 Å². The van der Waals surface area contributed by atoms with Crippen LogP contribution in [0.2, 0.25) is 0 Å². The van der Waals surface area contributed by atoms with E-state index in [0.29, 0.717) is 23.6 Å². The Bertz CT molecular complexity index is 1330. The molecule has 1 N–H and O–H groups in total. The van der Waals surface area contributed by atoms with Gasteiger partial charge in [0.2, 0.25) is 10.0 Å². The van der Waals surface area contributed by atoms with Crippen LogP contribution in [0.15, 0.2) is 41.6 Å². The molecule has 1 aliphatic rings. The molecule has 1 aliphatic carbocycles. The smallest absolute Gasteiger partial charge is 0.379 e. The zero-order valence-corrected chi connectivity index (χ0v) is 18.5. The number of nitrogens with zero attached hydrogens (tertiary/aromatic N) is 4. The van der Waals surface area contributed by atoms with E-state index in [9.17, 15) is 26.9 Å². The molecule has 2 heterocycles. The lowest BCUT2D eigenvalue weighted by atomic mass is 9.88.